The van der Waals surface area contributed by atoms with E-state index in [0.29, 0.717) is 26.2 Å². The van der Waals surface area contributed by atoms with Crippen molar-refractivity contribution in [3.8, 4) is 0 Å². The number of carbonyl (C=O) groups is 3. The van der Waals surface area contributed by atoms with Crippen molar-refractivity contribution in [1.29, 1.82) is 0 Å². The van der Waals surface area contributed by atoms with Crippen molar-refractivity contribution < 1.29 is 38.4 Å². The van der Waals surface area contributed by atoms with E-state index in [1.54, 1.807) is 0 Å². The number of hydrogen-bond acceptors (Lipinski definition) is 9. The normalized spacial score (nSPS) is 44.2. The first-order chi connectivity index (χ1) is 15.1. The molecule has 9 nitrogen and oxygen atoms in total. The van der Waals surface area contributed by atoms with Crippen LogP contribution >= 0.6 is 0 Å². The molecule has 2 saturated heterocycles. The molecule has 3 unspecified atom stereocenters. The Balaban J connectivity index is 1.72. The van der Waals surface area contributed by atoms with Crippen LogP contribution in [-0.4, -0.2) is 85.2 Å². The molecule has 0 radical (unpaired) electrons. The van der Waals surface area contributed by atoms with Crippen LogP contribution in [0.5, 0.6) is 0 Å². The molecule has 9 atom stereocenters. The van der Waals surface area contributed by atoms with Gasteiger partial charge in [-0.3, -0.25) is 19.3 Å². The molecule has 4 fully saturated rings. The summed E-state index contributed by atoms with van der Waals surface area (Å²) < 4.78 is 22.8. The van der Waals surface area contributed by atoms with E-state index in [2.05, 4.69) is 4.90 Å². The minimum atomic E-state index is -0.873. The van der Waals surface area contributed by atoms with Crippen LogP contribution < -0.4 is 0 Å². The van der Waals surface area contributed by atoms with Crippen molar-refractivity contribution in [2.24, 2.45) is 29.1 Å². The topological polar surface area (TPSA) is 112 Å². The van der Waals surface area contributed by atoms with E-state index in [1.807, 2.05) is 13.8 Å². The van der Waals surface area contributed by atoms with E-state index in [4.69, 9.17) is 18.9 Å². The van der Waals surface area contributed by atoms with Crippen LogP contribution in [0, 0.1) is 29.1 Å². The number of esters is 3. The number of ether oxygens (including phenoxy) is 4. The van der Waals surface area contributed by atoms with E-state index < -0.39 is 47.7 Å². The number of rotatable bonds is 4. The van der Waals surface area contributed by atoms with Gasteiger partial charge in [0, 0.05) is 57.2 Å². The highest BCUT2D eigenvalue weighted by atomic mass is 16.6. The van der Waals surface area contributed by atoms with E-state index >= 15 is 0 Å². The lowest BCUT2D eigenvalue weighted by Crippen LogP contribution is -2.53. The van der Waals surface area contributed by atoms with E-state index in [1.165, 1.54) is 13.8 Å². The predicted molar refractivity (Wildman–Crippen MR) is 111 cm³/mol. The van der Waals surface area contributed by atoms with Gasteiger partial charge in [0.25, 0.3) is 0 Å². The van der Waals surface area contributed by atoms with E-state index in [-0.39, 0.29) is 30.1 Å². The summed E-state index contributed by atoms with van der Waals surface area (Å²) in [6.07, 6.45) is -1.62. The van der Waals surface area contributed by atoms with Gasteiger partial charge in [-0.1, -0.05) is 13.8 Å². The van der Waals surface area contributed by atoms with Crippen LogP contribution in [-0.2, 0) is 33.3 Å². The van der Waals surface area contributed by atoms with Crippen LogP contribution in [0.1, 0.15) is 40.5 Å². The number of hydrogen-bond donors (Lipinski definition) is 1. The van der Waals surface area contributed by atoms with Gasteiger partial charge in [0.1, 0.15) is 18.3 Å². The maximum absolute atomic E-state index is 13.0. The number of morpholine rings is 1. The first kappa shape index (κ1) is 23.4. The Morgan fingerprint density at radius 1 is 1.16 bits per heavy atom. The van der Waals surface area contributed by atoms with Crippen molar-refractivity contribution >= 4 is 17.9 Å². The summed E-state index contributed by atoms with van der Waals surface area (Å²) in [6, 6.07) is 0. The summed E-state index contributed by atoms with van der Waals surface area (Å²) in [5.74, 6) is -2.22. The second-order valence-corrected chi connectivity index (χ2v) is 10.1. The molecule has 9 heteroatoms. The van der Waals surface area contributed by atoms with Crippen LogP contribution in [0.2, 0.25) is 0 Å². The molecule has 0 aromatic heterocycles. The van der Waals surface area contributed by atoms with Crippen LogP contribution in [0.4, 0.5) is 0 Å². The van der Waals surface area contributed by atoms with Crippen LogP contribution in [0.25, 0.3) is 0 Å². The monoisotopic (exact) mass is 453 g/mol. The van der Waals surface area contributed by atoms with Crippen LogP contribution in [0.3, 0.4) is 0 Å². The summed E-state index contributed by atoms with van der Waals surface area (Å²) in [4.78, 5) is 39.2. The second-order valence-electron chi connectivity index (χ2n) is 10.1. The molecule has 1 N–H and O–H groups in total. The molecule has 2 aliphatic carbocycles. The largest absolute Gasteiger partial charge is 0.462 e. The van der Waals surface area contributed by atoms with E-state index in [0.717, 1.165) is 13.1 Å². The molecule has 4 rings (SSSR count). The molecule has 2 heterocycles. The lowest BCUT2D eigenvalue weighted by atomic mass is 9.66. The van der Waals surface area contributed by atoms with Gasteiger partial charge in [-0.05, 0) is 12.3 Å². The Bertz CT molecular complexity index is 752. The second kappa shape index (κ2) is 8.91. The fraction of sp³-hybridized carbons (Fsp3) is 0.870. The van der Waals surface area contributed by atoms with Gasteiger partial charge in [-0.2, -0.15) is 0 Å². The standard InChI is InChI=1S/C23H35NO8/c1-12-9-16-19(15(22(28)32-16)11-24-5-7-29-8-6-24)21(31-14(3)26)23(4)18(27)10-17(20(12)23)30-13(2)25/h12,15-21,27H,5-11H2,1-4H3/t12-,15?,16+,17?,18+,19-,20?,21+,23-/m1/s1. The van der Waals surface area contributed by atoms with E-state index in [9.17, 15) is 19.5 Å². The number of carbonyl (C=O) groups excluding carboxylic acids is 3. The Morgan fingerprint density at radius 2 is 1.81 bits per heavy atom. The average Bonchev–Trinajstić information content (AvgIpc) is 3.10. The minimum Gasteiger partial charge on any atom is -0.462 e. The van der Waals surface area contributed by atoms with Gasteiger partial charge >= 0.3 is 17.9 Å². The van der Waals surface area contributed by atoms with Crippen molar-refractivity contribution in [2.75, 3.05) is 32.8 Å². The summed E-state index contributed by atoms with van der Waals surface area (Å²) >= 11 is 0. The summed E-state index contributed by atoms with van der Waals surface area (Å²) in [5.41, 5.74) is -0.873. The highest BCUT2D eigenvalue weighted by Crippen LogP contribution is 2.59. The maximum Gasteiger partial charge on any atom is 0.311 e. The molecule has 0 aromatic rings. The lowest BCUT2D eigenvalue weighted by molar-refractivity contribution is -0.174. The molecule has 2 aliphatic heterocycles. The SMILES string of the molecule is CC(=O)OC1C[C@H](O)[C@]2(C)C1[C@H](C)C[C@@H]1OC(=O)C(CN3CCOCC3)[C@H]1[C@@H]2OC(C)=O. The zero-order chi connectivity index (χ0) is 23.2. The fourth-order valence-electron chi connectivity index (χ4n) is 6.85. The van der Waals surface area contributed by atoms with Crippen molar-refractivity contribution in [3.63, 3.8) is 0 Å². The van der Waals surface area contributed by atoms with Gasteiger partial charge in [0.2, 0.25) is 0 Å². The number of fused-ring (bicyclic) bond motifs is 2. The highest BCUT2D eigenvalue weighted by molar-refractivity contribution is 5.76. The van der Waals surface area contributed by atoms with Gasteiger partial charge in [0.15, 0.2) is 0 Å². The zero-order valence-electron chi connectivity index (χ0n) is 19.3. The number of aliphatic hydroxyl groups is 1. The first-order valence-corrected chi connectivity index (χ1v) is 11.7. The maximum atomic E-state index is 13.0. The van der Waals surface area contributed by atoms with Gasteiger partial charge in [-0.15, -0.1) is 0 Å². The third-order valence-electron chi connectivity index (χ3n) is 8.11. The van der Waals surface area contributed by atoms with Crippen molar-refractivity contribution in [1.82, 2.24) is 4.90 Å². The quantitative estimate of drug-likeness (QED) is 0.487. The van der Waals surface area contributed by atoms with Crippen LogP contribution in [0.15, 0.2) is 0 Å². The molecule has 0 bridgehead atoms. The smallest absolute Gasteiger partial charge is 0.311 e. The Labute approximate surface area is 188 Å². The predicted octanol–water partition coefficient (Wildman–Crippen LogP) is 0.767. The molecular weight excluding hydrogens is 418 g/mol. The average molecular weight is 454 g/mol. The minimum absolute atomic E-state index is 0.00973. The summed E-state index contributed by atoms with van der Waals surface area (Å²) in [7, 11) is 0. The summed E-state index contributed by atoms with van der Waals surface area (Å²) in [6.45, 7) is 9.84. The Hall–Kier alpha value is -1.71. The zero-order valence-corrected chi connectivity index (χ0v) is 19.3. The molecule has 0 spiro atoms. The third kappa shape index (κ3) is 4.03. The number of nitrogens with zero attached hydrogens (tertiary/aromatic N) is 1. The third-order valence-corrected chi connectivity index (χ3v) is 8.11. The van der Waals surface area contributed by atoms with Crippen molar-refractivity contribution in [3.05, 3.63) is 0 Å². The molecular formula is C23H35NO8. The molecule has 0 aromatic carbocycles. The molecule has 4 aliphatic rings. The molecule has 180 valence electrons. The highest BCUT2D eigenvalue weighted by Gasteiger charge is 2.67. The lowest BCUT2D eigenvalue weighted by Gasteiger charge is -2.44. The van der Waals surface area contributed by atoms with Gasteiger partial charge in [0.05, 0.1) is 25.2 Å². The molecule has 0 amide bonds. The first-order valence-electron chi connectivity index (χ1n) is 11.7. The molecule has 2 saturated carbocycles. The summed E-state index contributed by atoms with van der Waals surface area (Å²) in [5, 5.41) is 11.3. The fourth-order valence-corrected chi connectivity index (χ4v) is 6.85. The van der Waals surface area contributed by atoms with Crippen molar-refractivity contribution in [2.45, 2.75) is 65.0 Å². The molecule has 32 heavy (non-hydrogen) atoms. The Morgan fingerprint density at radius 3 is 2.44 bits per heavy atom. The van der Waals surface area contributed by atoms with Gasteiger partial charge < -0.3 is 24.1 Å². The van der Waals surface area contributed by atoms with Gasteiger partial charge in [-0.25, -0.2) is 0 Å². The Kier molecular flexibility index (Phi) is 6.53. The number of aliphatic hydroxyl groups excluding tert-OH is 1.